The molecule has 0 aliphatic heterocycles. The fraction of sp³-hybridized carbons (Fsp3) is 0.833. The maximum atomic E-state index is 12.3. The Labute approximate surface area is 91.5 Å². The number of carbonyl (C=O) groups is 1. The fourth-order valence-corrected chi connectivity index (χ4v) is 3.16. The largest absolute Gasteiger partial charge is 0.303 e. The Morgan fingerprint density at radius 1 is 1.33 bits per heavy atom. The van der Waals surface area contributed by atoms with E-state index < -0.39 is 0 Å². The van der Waals surface area contributed by atoms with E-state index in [4.69, 9.17) is 0 Å². The van der Waals surface area contributed by atoms with Gasteiger partial charge in [-0.3, -0.25) is 4.79 Å². The first-order valence-electron chi connectivity index (χ1n) is 5.61. The Kier molecular flexibility index (Phi) is 2.01. The Morgan fingerprint density at radius 3 is 2.33 bits per heavy atom. The SMILES string of the molecule is CN(C)/N=C1/C(=O)[C@]2(C)CC[C@H]1C2(C)C. The van der Waals surface area contributed by atoms with Crippen molar-refractivity contribution in [3.63, 3.8) is 0 Å². The molecule has 2 rings (SSSR count). The van der Waals surface area contributed by atoms with Crippen LogP contribution in [0.3, 0.4) is 0 Å². The van der Waals surface area contributed by atoms with E-state index in [9.17, 15) is 4.79 Å². The van der Waals surface area contributed by atoms with Gasteiger partial charge in [-0.05, 0) is 18.3 Å². The van der Waals surface area contributed by atoms with Crippen molar-refractivity contribution in [2.75, 3.05) is 14.1 Å². The number of rotatable bonds is 1. The zero-order valence-electron chi connectivity index (χ0n) is 10.3. The van der Waals surface area contributed by atoms with Crippen LogP contribution < -0.4 is 0 Å². The van der Waals surface area contributed by atoms with E-state index in [1.807, 2.05) is 14.1 Å². The van der Waals surface area contributed by atoms with Crippen LogP contribution in [-0.4, -0.2) is 30.6 Å². The van der Waals surface area contributed by atoms with Gasteiger partial charge in [0.25, 0.3) is 0 Å². The number of hydrogen-bond acceptors (Lipinski definition) is 3. The minimum atomic E-state index is -0.174. The molecule has 0 amide bonds. The highest BCUT2D eigenvalue weighted by Crippen LogP contribution is 2.62. The van der Waals surface area contributed by atoms with Crippen molar-refractivity contribution in [2.24, 2.45) is 21.8 Å². The number of hydrazone groups is 1. The molecule has 15 heavy (non-hydrogen) atoms. The molecule has 0 aromatic carbocycles. The Morgan fingerprint density at radius 2 is 1.93 bits per heavy atom. The second-order valence-electron chi connectivity index (χ2n) is 5.81. The van der Waals surface area contributed by atoms with Crippen LogP contribution in [0.5, 0.6) is 0 Å². The zero-order chi connectivity index (χ0) is 11.4. The lowest BCUT2D eigenvalue weighted by Crippen LogP contribution is -2.33. The van der Waals surface area contributed by atoms with Crippen molar-refractivity contribution in [1.29, 1.82) is 0 Å². The van der Waals surface area contributed by atoms with Crippen molar-refractivity contribution in [3.05, 3.63) is 0 Å². The third-order valence-corrected chi connectivity index (χ3v) is 4.60. The molecule has 3 nitrogen and oxygen atoms in total. The molecule has 0 unspecified atom stereocenters. The summed E-state index contributed by atoms with van der Waals surface area (Å²) in [5.74, 6) is 0.634. The van der Waals surface area contributed by atoms with Crippen LogP contribution in [0, 0.1) is 16.7 Å². The Hall–Kier alpha value is -0.860. The molecule has 0 spiro atoms. The van der Waals surface area contributed by atoms with E-state index in [0.717, 1.165) is 18.6 Å². The summed E-state index contributed by atoms with van der Waals surface area (Å²) in [4.78, 5) is 12.3. The van der Waals surface area contributed by atoms with Crippen LogP contribution >= 0.6 is 0 Å². The van der Waals surface area contributed by atoms with Gasteiger partial charge in [-0.15, -0.1) is 0 Å². The van der Waals surface area contributed by atoms with Gasteiger partial charge >= 0.3 is 0 Å². The van der Waals surface area contributed by atoms with Gasteiger partial charge in [0.1, 0.15) is 5.71 Å². The molecule has 0 saturated heterocycles. The number of hydrogen-bond donors (Lipinski definition) is 0. The predicted molar refractivity (Wildman–Crippen MR) is 60.7 cm³/mol. The summed E-state index contributed by atoms with van der Waals surface area (Å²) in [6, 6.07) is 0. The second-order valence-corrected chi connectivity index (χ2v) is 5.81. The van der Waals surface area contributed by atoms with Gasteiger partial charge < -0.3 is 5.01 Å². The molecule has 0 heterocycles. The maximum Gasteiger partial charge on any atom is 0.185 e. The number of ketones is 1. The predicted octanol–water partition coefficient (Wildman–Crippen LogP) is 1.93. The molecule has 2 aliphatic rings. The van der Waals surface area contributed by atoms with Crippen LogP contribution in [0.4, 0.5) is 0 Å². The second kappa shape index (κ2) is 2.83. The Balaban J connectivity index is 2.47. The summed E-state index contributed by atoms with van der Waals surface area (Å²) in [7, 11) is 3.75. The van der Waals surface area contributed by atoms with Crippen molar-refractivity contribution < 1.29 is 4.79 Å². The smallest absolute Gasteiger partial charge is 0.185 e. The highest BCUT2D eigenvalue weighted by atomic mass is 16.1. The molecule has 0 N–H and O–H groups in total. The van der Waals surface area contributed by atoms with Gasteiger partial charge in [-0.25, -0.2) is 0 Å². The Bertz CT molecular complexity index is 344. The molecule has 2 atom stereocenters. The van der Waals surface area contributed by atoms with E-state index in [2.05, 4.69) is 25.9 Å². The van der Waals surface area contributed by atoms with Crippen molar-refractivity contribution in [3.8, 4) is 0 Å². The van der Waals surface area contributed by atoms with Gasteiger partial charge in [-0.1, -0.05) is 20.8 Å². The highest BCUT2D eigenvalue weighted by Gasteiger charge is 2.65. The number of Topliss-reactive ketones (excluding diaryl/α,β-unsaturated/α-hetero) is 1. The highest BCUT2D eigenvalue weighted by molar-refractivity contribution is 6.45. The summed E-state index contributed by atoms with van der Waals surface area (Å²) in [5, 5.41) is 6.12. The first-order valence-corrected chi connectivity index (χ1v) is 5.61. The molecule has 2 fully saturated rings. The average Bonchev–Trinajstić information content (AvgIpc) is 2.40. The molecule has 2 saturated carbocycles. The molecule has 2 bridgehead atoms. The number of carbonyl (C=O) groups excluding carboxylic acids is 1. The molecule has 0 radical (unpaired) electrons. The minimum Gasteiger partial charge on any atom is -0.303 e. The average molecular weight is 208 g/mol. The minimum absolute atomic E-state index is 0.0823. The standard InChI is InChI=1S/C12H20N2O/c1-11(2)8-6-7-12(11,3)10(15)9(8)13-14(4)5/h8H,6-7H2,1-5H3/b13-9+/t8-,12+/m1/s1. The number of nitrogens with zero attached hydrogens (tertiary/aromatic N) is 2. The molecule has 0 aromatic heterocycles. The monoisotopic (exact) mass is 208 g/mol. The summed E-state index contributed by atoms with van der Waals surface area (Å²) in [5.41, 5.74) is 0.713. The van der Waals surface area contributed by atoms with Crippen LogP contribution in [0.15, 0.2) is 5.10 Å². The van der Waals surface area contributed by atoms with E-state index in [0.29, 0.717) is 5.92 Å². The van der Waals surface area contributed by atoms with Crippen LogP contribution in [0.2, 0.25) is 0 Å². The molecule has 2 aliphatic carbocycles. The summed E-state index contributed by atoms with van der Waals surface area (Å²) in [6.07, 6.45) is 2.14. The quantitative estimate of drug-likeness (QED) is 0.617. The lowest BCUT2D eigenvalue weighted by molar-refractivity contribution is -0.123. The van der Waals surface area contributed by atoms with Gasteiger partial charge in [0.05, 0.1) is 0 Å². The zero-order valence-corrected chi connectivity index (χ0v) is 10.3. The summed E-state index contributed by atoms with van der Waals surface area (Å²) >= 11 is 0. The summed E-state index contributed by atoms with van der Waals surface area (Å²) < 4.78 is 0. The fourth-order valence-electron chi connectivity index (χ4n) is 3.16. The van der Waals surface area contributed by atoms with Crippen molar-refractivity contribution in [1.82, 2.24) is 5.01 Å². The third-order valence-electron chi connectivity index (χ3n) is 4.60. The maximum absolute atomic E-state index is 12.3. The normalized spacial score (nSPS) is 40.2. The van der Waals surface area contributed by atoms with Crippen LogP contribution in [0.1, 0.15) is 33.6 Å². The lowest BCUT2D eigenvalue weighted by Gasteiger charge is -2.31. The first kappa shape index (κ1) is 10.7. The van der Waals surface area contributed by atoms with Gasteiger partial charge in [0.15, 0.2) is 5.78 Å². The molecule has 84 valence electrons. The van der Waals surface area contributed by atoms with Gasteiger partial charge in [0, 0.05) is 25.4 Å². The van der Waals surface area contributed by atoms with Crippen molar-refractivity contribution in [2.45, 2.75) is 33.6 Å². The summed E-state index contributed by atoms with van der Waals surface area (Å²) in [6.45, 7) is 6.52. The first-order chi connectivity index (χ1) is 6.80. The molecular weight excluding hydrogens is 188 g/mol. The van der Waals surface area contributed by atoms with E-state index in [1.54, 1.807) is 5.01 Å². The van der Waals surface area contributed by atoms with E-state index in [-0.39, 0.29) is 16.6 Å². The van der Waals surface area contributed by atoms with E-state index in [1.165, 1.54) is 0 Å². The van der Waals surface area contributed by atoms with Gasteiger partial charge in [0.2, 0.25) is 0 Å². The van der Waals surface area contributed by atoms with Crippen molar-refractivity contribution >= 4 is 11.5 Å². The van der Waals surface area contributed by atoms with Crippen LogP contribution in [-0.2, 0) is 4.79 Å². The lowest BCUT2D eigenvalue weighted by atomic mass is 9.70. The van der Waals surface area contributed by atoms with Crippen LogP contribution in [0.25, 0.3) is 0 Å². The molecule has 0 aromatic rings. The van der Waals surface area contributed by atoms with Gasteiger partial charge in [-0.2, -0.15) is 5.10 Å². The third kappa shape index (κ3) is 1.12. The number of fused-ring (bicyclic) bond motifs is 2. The molecular formula is C12H20N2O. The molecule has 3 heteroatoms. The topological polar surface area (TPSA) is 32.7 Å². The van der Waals surface area contributed by atoms with E-state index >= 15 is 0 Å².